The molecule has 0 N–H and O–H groups in total. The first-order valence-corrected chi connectivity index (χ1v) is 4.45. The lowest BCUT2D eigenvalue weighted by Crippen LogP contribution is -2.34. The van der Waals surface area contributed by atoms with Gasteiger partial charge >= 0.3 is 0 Å². The first-order valence-electron chi connectivity index (χ1n) is 4.45. The molecule has 0 aliphatic carbocycles. The molecule has 0 aliphatic rings. The zero-order valence-corrected chi connectivity index (χ0v) is 8.26. The predicted molar refractivity (Wildman–Crippen MR) is 48.9 cm³/mol. The lowest BCUT2D eigenvalue weighted by molar-refractivity contribution is 0.130. The molecule has 0 spiro atoms. The third-order valence-electron chi connectivity index (χ3n) is 1.82. The van der Waals surface area contributed by atoms with Gasteiger partial charge in [0.2, 0.25) is 0 Å². The highest BCUT2D eigenvalue weighted by atomic mass is 16.5. The fraction of sp³-hybridized carbons (Fsp3) is 1.00. The Morgan fingerprint density at radius 3 is 2.27 bits per heavy atom. The Morgan fingerprint density at radius 1 is 1.27 bits per heavy atom. The SMILES string of the molecule is CCCN(CCOC)C(C)C. The Hall–Kier alpha value is -0.0800. The van der Waals surface area contributed by atoms with E-state index in [1.165, 1.54) is 13.0 Å². The van der Waals surface area contributed by atoms with Gasteiger partial charge < -0.3 is 4.74 Å². The minimum atomic E-state index is 0.644. The van der Waals surface area contributed by atoms with E-state index in [1.54, 1.807) is 7.11 Å². The zero-order valence-electron chi connectivity index (χ0n) is 8.26. The number of ether oxygens (including phenoxy) is 1. The van der Waals surface area contributed by atoms with Crippen LogP contribution in [0.25, 0.3) is 0 Å². The summed E-state index contributed by atoms with van der Waals surface area (Å²) < 4.78 is 5.03. The molecule has 0 aliphatic heterocycles. The fourth-order valence-electron chi connectivity index (χ4n) is 1.12. The van der Waals surface area contributed by atoms with Crippen molar-refractivity contribution in [1.82, 2.24) is 4.90 Å². The van der Waals surface area contributed by atoms with Crippen molar-refractivity contribution in [3.8, 4) is 0 Å². The van der Waals surface area contributed by atoms with Crippen LogP contribution in [0.15, 0.2) is 0 Å². The smallest absolute Gasteiger partial charge is 0.0589 e. The van der Waals surface area contributed by atoms with E-state index in [0.29, 0.717) is 6.04 Å². The molecule has 2 heteroatoms. The molecule has 0 fully saturated rings. The van der Waals surface area contributed by atoms with Crippen LogP contribution in [-0.2, 0) is 4.74 Å². The molecule has 0 amide bonds. The van der Waals surface area contributed by atoms with Gasteiger partial charge in [0.1, 0.15) is 0 Å². The molecule has 0 bridgehead atoms. The third kappa shape index (κ3) is 5.22. The molecular weight excluding hydrogens is 138 g/mol. The van der Waals surface area contributed by atoms with Crippen molar-refractivity contribution in [1.29, 1.82) is 0 Å². The normalized spacial score (nSPS) is 11.5. The van der Waals surface area contributed by atoms with E-state index in [4.69, 9.17) is 4.74 Å². The molecule has 2 nitrogen and oxygen atoms in total. The van der Waals surface area contributed by atoms with Gasteiger partial charge in [-0.1, -0.05) is 6.92 Å². The van der Waals surface area contributed by atoms with Crippen molar-refractivity contribution in [2.75, 3.05) is 26.8 Å². The van der Waals surface area contributed by atoms with Gasteiger partial charge in [-0.05, 0) is 26.8 Å². The van der Waals surface area contributed by atoms with Gasteiger partial charge in [-0.25, -0.2) is 0 Å². The summed E-state index contributed by atoms with van der Waals surface area (Å²) in [4.78, 5) is 2.43. The highest BCUT2D eigenvalue weighted by Crippen LogP contribution is 1.98. The monoisotopic (exact) mass is 159 g/mol. The molecule has 0 saturated carbocycles. The van der Waals surface area contributed by atoms with Crippen molar-refractivity contribution >= 4 is 0 Å². The first kappa shape index (κ1) is 10.9. The second-order valence-electron chi connectivity index (χ2n) is 3.12. The van der Waals surface area contributed by atoms with Gasteiger partial charge in [-0.2, -0.15) is 0 Å². The lowest BCUT2D eigenvalue weighted by Gasteiger charge is -2.25. The fourth-order valence-corrected chi connectivity index (χ4v) is 1.12. The molecule has 0 radical (unpaired) electrons. The van der Waals surface area contributed by atoms with Crippen LogP contribution in [0.4, 0.5) is 0 Å². The van der Waals surface area contributed by atoms with Crippen LogP contribution < -0.4 is 0 Å². The van der Waals surface area contributed by atoms with Gasteiger partial charge in [-0.15, -0.1) is 0 Å². The molecule has 68 valence electrons. The highest BCUT2D eigenvalue weighted by molar-refractivity contribution is 4.60. The van der Waals surface area contributed by atoms with Crippen LogP contribution in [0.2, 0.25) is 0 Å². The van der Waals surface area contributed by atoms with Crippen LogP contribution in [0.1, 0.15) is 27.2 Å². The Kier molecular flexibility index (Phi) is 6.57. The van der Waals surface area contributed by atoms with Crippen molar-refractivity contribution < 1.29 is 4.74 Å². The topological polar surface area (TPSA) is 12.5 Å². The summed E-state index contributed by atoms with van der Waals surface area (Å²) in [6, 6.07) is 0.644. The molecule has 11 heavy (non-hydrogen) atoms. The van der Waals surface area contributed by atoms with Crippen LogP contribution in [-0.4, -0.2) is 37.7 Å². The second kappa shape index (κ2) is 6.62. The Labute approximate surface area is 70.5 Å². The van der Waals surface area contributed by atoms with E-state index in [1.807, 2.05) is 0 Å². The summed E-state index contributed by atoms with van der Waals surface area (Å²) in [5, 5.41) is 0. The maximum Gasteiger partial charge on any atom is 0.0589 e. The predicted octanol–water partition coefficient (Wildman–Crippen LogP) is 1.75. The standard InChI is InChI=1S/C9H21NO/c1-5-6-10(9(2)3)7-8-11-4/h9H,5-8H2,1-4H3. The number of methoxy groups -OCH3 is 1. The number of hydrogen-bond donors (Lipinski definition) is 0. The summed E-state index contributed by atoms with van der Waals surface area (Å²) >= 11 is 0. The van der Waals surface area contributed by atoms with E-state index in [9.17, 15) is 0 Å². The van der Waals surface area contributed by atoms with Crippen LogP contribution >= 0.6 is 0 Å². The molecule has 0 unspecified atom stereocenters. The van der Waals surface area contributed by atoms with E-state index in [2.05, 4.69) is 25.7 Å². The van der Waals surface area contributed by atoms with Gasteiger partial charge in [0, 0.05) is 19.7 Å². The number of hydrogen-bond acceptors (Lipinski definition) is 2. The first-order chi connectivity index (χ1) is 5.22. The summed E-state index contributed by atoms with van der Waals surface area (Å²) in [7, 11) is 1.75. The Bertz CT molecular complexity index is 83.6. The van der Waals surface area contributed by atoms with E-state index in [0.717, 1.165) is 13.2 Å². The zero-order chi connectivity index (χ0) is 8.69. The minimum absolute atomic E-state index is 0.644. The molecule has 0 saturated heterocycles. The summed E-state index contributed by atoms with van der Waals surface area (Å²) in [5.41, 5.74) is 0. The second-order valence-corrected chi connectivity index (χ2v) is 3.12. The quantitative estimate of drug-likeness (QED) is 0.585. The van der Waals surface area contributed by atoms with Crippen LogP contribution in [0.3, 0.4) is 0 Å². The average Bonchev–Trinajstić information content (AvgIpc) is 1.97. The van der Waals surface area contributed by atoms with Gasteiger partial charge in [-0.3, -0.25) is 4.90 Å². The van der Waals surface area contributed by atoms with Crippen molar-refractivity contribution in [3.05, 3.63) is 0 Å². The van der Waals surface area contributed by atoms with Crippen molar-refractivity contribution in [3.63, 3.8) is 0 Å². The highest BCUT2D eigenvalue weighted by Gasteiger charge is 2.06. The van der Waals surface area contributed by atoms with Gasteiger partial charge in [0.05, 0.1) is 6.61 Å². The van der Waals surface area contributed by atoms with E-state index < -0.39 is 0 Å². The molecule has 0 aromatic rings. The van der Waals surface area contributed by atoms with E-state index in [-0.39, 0.29) is 0 Å². The lowest BCUT2D eigenvalue weighted by atomic mass is 10.3. The van der Waals surface area contributed by atoms with Crippen molar-refractivity contribution in [2.24, 2.45) is 0 Å². The summed E-state index contributed by atoms with van der Waals surface area (Å²) in [6.45, 7) is 9.75. The maximum absolute atomic E-state index is 5.03. The largest absolute Gasteiger partial charge is 0.383 e. The maximum atomic E-state index is 5.03. The van der Waals surface area contributed by atoms with Crippen LogP contribution in [0.5, 0.6) is 0 Å². The molecule has 0 aromatic carbocycles. The number of rotatable bonds is 6. The number of nitrogens with zero attached hydrogens (tertiary/aromatic N) is 1. The minimum Gasteiger partial charge on any atom is -0.383 e. The average molecular weight is 159 g/mol. The molecule has 0 aromatic heterocycles. The molecule has 0 atom stereocenters. The third-order valence-corrected chi connectivity index (χ3v) is 1.82. The molecule has 0 heterocycles. The summed E-state index contributed by atoms with van der Waals surface area (Å²) in [6.07, 6.45) is 1.22. The Morgan fingerprint density at radius 2 is 1.91 bits per heavy atom. The molecular formula is C9H21NO. The van der Waals surface area contributed by atoms with Gasteiger partial charge in [0.25, 0.3) is 0 Å². The van der Waals surface area contributed by atoms with Crippen molar-refractivity contribution in [2.45, 2.75) is 33.2 Å². The molecule has 0 rings (SSSR count). The Balaban J connectivity index is 3.51. The van der Waals surface area contributed by atoms with E-state index >= 15 is 0 Å². The van der Waals surface area contributed by atoms with Gasteiger partial charge in [0.15, 0.2) is 0 Å². The van der Waals surface area contributed by atoms with Crippen LogP contribution in [0, 0.1) is 0 Å². The summed E-state index contributed by atoms with van der Waals surface area (Å²) in [5.74, 6) is 0.